The molecule has 1 aliphatic heterocycles. The summed E-state index contributed by atoms with van der Waals surface area (Å²) < 4.78 is 7.83. The largest absolute Gasteiger partial charge is 0.492 e. The number of thioether (sulfide) groups is 1. The van der Waals surface area contributed by atoms with E-state index in [9.17, 15) is 4.79 Å². The second-order valence-corrected chi connectivity index (χ2v) is 7.76. The minimum atomic E-state index is -0.168. The van der Waals surface area contributed by atoms with Crippen LogP contribution in [0.5, 0.6) is 5.75 Å². The predicted octanol–water partition coefficient (Wildman–Crippen LogP) is 4.21. The molecule has 3 aromatic rings. The van der Waals surface area contributed by atoms with Crippen molar-refractivity contribution >= 4 is 44.9 Å². The Morgan fingerprint density at radius 2 is 2.21 bits per heavy atom. The first kappa shape index (κ1) is 15.5. The maximum atomic E-state index is 12.6. The summed E-state index contributed by atoms with van der Waals surface area (Å²) in [6.07, 6.45) is 2.72. The number of rotatable bonds is 3. The minimum Gasteiger partial charge on any atom is -0.492 e. The van der Waals surface area contributed by atoms with Crippen LogP contribution in [-0.2, 0) is 11.2 Å². The highest BCUT2D eigenvalue weighted by atomic mass is 32.2. The molecule has 0 spiro atoms. The standard InChI is InChI=1S/C18H16N2O2S2/c1-23-18-20-14-7-6-13(9-16(14)24-18)19-17(21)12-8-11-4-2-3-5-15(11)22-10-12/h2-7,9,12H,8,10H2,1H3,(H,19,21). The highest BCUT2D eigenvalue weighted by molar-refractivity contribution is 8.00. The molecule has 1 atom stereocenters. The monoisotopic (exact) mass is 356 g/mol. The maximum absolute atomic E-state index is 12.6. The maximum Gasteiger partial charge on any atom is 0.231 e. The number of amides is 1. The molecule has 4 rings (SSSR count). The van der Waals surface area contributed by atoms with E-state index >= 15 is 0 Å². The van der Waals surface area contributed by atoms with Crippen molar-refractivity contribution in [3.05, 3.63) is 48.0 Å². The lowest BCUT2D eigenvalue weighted by Crippen LogP contribution is -2.32. The number of thiazole rings is 1. The zero-order valence-electron chi connectivity index (χ0n) is 13.1. The highest BCUT2D eigenvalue weighted by Gasteiger charge is 2.25. The molecule has 0 bridgehead atoms. The lowest BCUT2D eigenvalue weighted by Gasteiger charge is -2.24. The zero-order chi connectivity index (χ0) is 16.5. The van der Waals surface area contributed by atoms with Gasteiger partial charge in [0.2, 0.25) is 5.91 Å². The Hall–Kier alpha value is -2.05. The summed E-state index contributed by atoms with van der Waals surface area (Å²) >= 11 is 3.27. The van der Waals surface area contributed by atoms with Crippen LogP contribution in [0.2, 0.25) is 0 Å². The normalized spacial score (nSPS) is 16.5. The molecule has 0 aliphatic carbocycles. The first-order valence-electron chi connectivity index (χ1n) is 7.69. The molecule has 2 heterocycles. The van der Waals surface area contributed by atoms with E-state index in [1.54, 1.807) is 23.1 Å². The number of nitrogens with one attached hydrogen (secondary N) is 1. The summed E-state index contributed by atoms with van der Waals surface area (Å²) in [5.41, 5.74) is 2.87. The topological polar surface area (TPSA) is 51.2 Å². The van der Waals surface area contributed by atoms with E-state index in [0.717, 1.165) is 31.6 Å². The van der Waals surface area contributed by atoms with Crippen molar-refractivity contribution in [3.63, 3.8) is 0 Å². The molecule has 2 aromatic carbocycles. The Morgan fingerprint density at radius 1 is 1.33 bits per heavy atom. The third kappa shape index (κ3) is 2.99. The highest BCUT2D eigenvalue weighted by Crippen LogP contribution is 2.31. The quantitative estimate of drug-likeness (QED) is 0.714. The third-order valence-electron chi connectivity index (χ3n) is 4.06. The lowest BCUT2D eigenvalue weighted by atomic mass is 9.96. The van der Waals surface area contributed by atoms with Gasteiger partial charge in [-0.25, -0.2) is 4.98 Å². The van der Waals surface area contributed by atoms with Gasteiger partial charge in [0.05, 0.1) is 16.1 Å². The molecule has 0 radical (unpaired) electrons. The molecule has 0 saturated heterocycles. The van der Waals surface area contributed by atoms with Crippen molar-refractivity contribution in [1.29, 1.82) is 0 Å². The van der Waals surface area contributed by atoms with Crippen LogP contribution in [0.25, 0.3) is 10.2 Å². The van der Waals surface area contributed by atoms with Crippen LogP contribution in [0.1, 0.15) is 5.56 Å². The van der Waals surface area contributed by atoms with Gasteiger partial charge in [0.1, 0.15) is 12.4 Å². The van der Waals surface area contributed by atoms with Crippen molar-refractivity contribution in [3.8, 4) is 5.75 Å². The number of benzene rings is 2. The SMILES string of the molecule is CSc1nc2ccc(NC(=O)C3COc4ccccc4C3)cc2s1. The number of aromatic nitrogens is 1. The van der Waals surface area contributed by atoms with Crippen LogP contribution in [-0.4, -0.2) is 23.8 Å². The average Bonchev–Trinajstić information content (AvgIpc) is 3.03. The van der Waals surface area contributed by atoms with Gasteiger partial charge in [-0.1, -0.05) is 30.0 Å². The smallest absolute Gasteiger partial charge is 0.231 e. The number of para-hydroxylation sites is 1. The minimum absolute atomic E-state index is 0.00143. The van der Waals surface area contributed by atoms with E-state index in [2.05, 4.69) is 10.3 Å². The second kappa shape index (κ2) is 6.45. The summed E-state index contributed by atoms with van der Waals surface area (Å²) in [5, 5.41) is 3.02. The van der Waals surface area contributed by atoms with Gasteiger partial charge in [0, 0.05) is 5.69 Å². The number of nitrogens with zero attached hydrogens (tertiary/aromatic N) is 1. The van der Waals surface area contributed by atoms with Crippen LogP contribution in [0.4, 0.5) is 5.69 Å². The van der Waals surface area contributed by atoms with Crippen LogP contribution in [0.3, 0.4) is 0 Å². The summed E-state index contributed by atoms with van der Waals surface area (Å²) in [4.78, 5) is 17.1. The van der Waals surface area contributed by atoms with Gasteiger partial charge in [-0.3, -0.25) is 4.79 Å². The summed E-state index contributed by atoms with van der Waals surface area (Å²) in [6.45, 7) is 0.419. The Morgan fingerprint density at radius 3 is 3.08 bits per heavy atom. The lowest BCUT2D eigenvalue weighted by molar-refractivity contribution is -0.121. The van der Waals surface area contributed by atoms with Crippen molar-refractivity contribution in [2.24, 2.45) is 5.92 Å². The van der Waals surface area contributed by atoms with Gasteiger partial charge in [0.25, 0.3) is 0 Å². The molecule has 0 fully saturated rings. The molecule has 1 unspecified atom stereocenters. The summed E-state index contributed by atoms with van der Waals surface area (Å²) in [6, 6.07) is 13.7. The van der Waals surface area contributed by atoms with E-state index < -0.39 is 0 Å². The number of carbonyl (C=O) groups excluding carboxylic acids is 1. The van der Waals surface area contributed by atoms with Crippen molar-refractivity contribution in [2.75, 3.05) is 18.2 Å². The van der Waals surface area contributed by atoms with E-state index in [1.165, 1.54) is 0 Å². The molecule has 4 nitrogen and oxygen atoms in total. The van der Waals surface area contributed by atoms with Crippen LogP contribution < -0.4 is 10.1 Å². The zero-order valence-corrected chi connectivity index (χ0v) is 14.7. The number of fused-ring (bicyclic) bond motifs is 2. The molecule has 24 heavy (non-hydrogen) atoms. The first-order chi connectivity index (χ1) is 11.7. The second-order valence-electron chi connectivity index (χ2n) is 5.68. The van der Waals surface area contributed by atoms with Crippen molar-refractivity contribution in [1.82, 2.24) is 4.98 Å². The fourth-order valence-corrected chi connectivity index (χ4v) is 4.34. The van der Waals surface area contributed by atoms with Gasteiger partial charge < -0.3 is 10.1 Å². The fourth-order valence-electron chi connectivity index (χ4n) is 2.81. The van der Waals surface area contributed by atoms with Gasteiger partial charge in [-0.15, -0.1) is 11.3 Å². The van der Waals surface area contributed by atoms with E-state index in [0.29, 0.717) is 13.0 Å². The molecule has 1 aromatic heterocycles. The van der Waals surface area contributed by atoms with Crippen LogP contribution in [0, 0.1) is 5.92 Å². The molecule has 122 valence electrons. The number of hydrogen-bond donors (Lipinski definition) is 1. The molecular weight excluding hydrogens is 340 g/mol. The molecule has 1 amide bonds. The van der Waals surface area contributed by atoms with Gasteiger partial charge in [0.15, 0.2) is 4.34 Å². The Balaban J connectivity index is 1.50. The van der Waals surface area contributed by atoms with E-state index in [4.69, 9.17) is 4.74 Å². The number of hydrogen-bond acceptors (Lipinski definition) is 5. The summed E-state index contributed by atoms with van der Waals surface area (Å²) in [7, 11) is 0. The molecular formula is C18H16N2O2S2. The third-order valence-corrected chi connectivity index (χ3v) is 6.06. The first-order valence-corrected chi connectivity index (χ1v) is 9.73. The van der Waals surface area contributed by atoms with Crippen LogP contribution >= 0.6 is 23.1 Å². The Labute approximate surface area is 148 Å². The van der Waals surface area contributed by atoms with E-state index in [1.807, 2.05) is 48.7 Å². The van der Waals surface area contributed by atoms with Gasteiger partial charge >= 0.3 is 0 Å². The molecule has 0 saturated carbocycles. The Kier molecular flexibility index (Phi) is 4.16. The summed E-state index contributed by atoms with van der Waals surface area (Å²) in [5.74, 6) is 0.717. The number of carbonyl (C=O) groups is 1. The predicted molar refractivity (Wildman–Crippen MR) is 99.2 cm³/mol. The Bertz CT molecular complexity index is 907. The van der Waals surface area contributed by atoms with Crippen LogP contribution in [0.15, 0.2) is 46.8 Å². The van der Waals surface area contributed by atoms with Crippen molar-refractivity contribution < 1.29 is 9.53 Å². The van der Waals surface area contributed by atoms with Gasteiger partial charge in [-0.2, -0.15) is 0 Å². The fraction of sp³-hybridized carbons (Fsp3) is 0.222. The number of ether oxygens (including phenoxy) is 1. The molecule has 1 aliphatic rings. The average molecular weight is 356 g/mol. The number of anilines is 1. The molecule has 1 N–H and O–H groups in total. The van der Waals surface area contributed by atoms with Gasteiger partial charge in [-0.05, 0) is 42.5 Å². The molecule has 6 heteroatoms. The van der Waals surface area contributed by atoms with E-state index in [-0.39, 0.29) is 11.8 Å². The van der Waals surface area contributed by atoms with Crippen molar-refractivity contribution in [2.45, 2.75) is 10.8 Å².